The second kappa shape index (κ2) is 5.90. The summed E-state index contributed by atoms with van der Waals surface area (Å²) < 4.78 is 6.87. The lowest BCUT2D eigenvalue weighted by atomic mass is 10.1. The van der Waals surface area contributed by atoms with Crippen molar-refractivity contribution in [3.63, 3.8) is 0 Å². The first kappa shape index (κ1) is 13.6. The van der Waals surface area contributed by atoms with Gasteiger partial charge in [-0.25, -0.2) is 0 Å². The van der Waals surface area contributed by atoms with E-state index in [1.807, 2.05) is 11.6 Å². The van der Waals surface area contributed by atoms with Gasteiger partial charge in [0.15, 0.2) is 0 Å². The fraction of sp³-hybridized carbons (Fsp3) is 0.545. The second-order valence-electron chi connectivity index (χ2n) is 4.01. The highest BCUT2D eigenvalue weighted by molar-refractivity contribution is 9.10. The molecule has 98 valence electrons. The van der Waals surface area contributed by atoms with Crippen molar-refractivity contribution in [2.24, 2.45) is 5.73 Å². The van der Waals surface area contributed by atoms with Crippen LogP contribution in [0.1, 0.15) is 42.6 Å². The molecule has 5 nitrogen and oxygen atoms in total. The smallest absolute Gasteiger partial charge is 0.0863 e. The first-order valence-corrected chi connectivity index (χ1v) is 7.53. The van der Waals surface area contributed by atoms with Gasteiger partial charge in [0.1, 0.15) is 0 Å². The topological polar surface area (TPSA) is 69.6 Å². The summed E-state index contributed by atoms with van der Waals surface area (Å²) in [7, 11) is 0. The monoisotopic (exact) mass is 329 g/mol. The lowest BCUT2D eigenvalue weighted by Gasteiger charge is -2.13. The van der Waals surface area contributed by atoms with E-state index in [9.17, 15) is 0 Å². The molecule has 2 aromatic rings. The molecule has 0 fully saturated rings. The number of halogens is 1. The summed E-state index contributed by atoms with van der Waals surface area (Å²) in [6.45, 7) is 4.97. The quantitative estimate of drug-likeness (QED) is 0.914. The average Bonchev–Trinajstić information content (AvgIpc) is 2.95. The van der Waals surface area contributed by atoms with E-state index in [0.29, 0.717) is 0 Å². The lowest BCUT2D eigenvalue weighted by Crippen LogP contribution is -2.18. The molecule has 2 aromatic heterocycles. The van der Waals surface area contributed by atoms with Gasteiger partial charge in [-0.15, -0.1) is 5.10 Å². The molecular weight excluding hydrogens is 314 g/mol. The summed E-state index contributed by atoms with van der Waals surface area (Å²) in [5.41, 5.74) is 8.35. The molecule has 0 saturated carbocycles. The van der Waals surface area contributed by atoms with Crippen LogP contribution in [0, 0.1) is 0 Å². The third-order valence-electron chi connectivity index (χ3n) is 2.78. The Hall–Kier alpha value is -0.790. The Bertz CT molecular complexity index is 521. The van der Waals surface area contributed by atoms with E-state index in [0.717, 1.165) is 40.1 Å². The van der Waals surface area contributed by atoms with Crippen LogP contribution in [0.15, 0.2) is 10.7 Å². The van der Waals surface area contributed by atoms with Gasteiger partial charge in [-0.3, -0.25) is 4.68 Å². The summed E-state index contributed by atoms with van der Waals surface area (Å²) in [5, 5.41) is 8.46. The molecule has 1 atom stereocenters. The maximum atomic E-state index is 6.35. The van der Waals surface area contributed by atoms with Crippen molar-refractivity contribution in [3.05, 3.63) is 26.9 Å². The highest BCUT2D eigenvalue weighted by atomic mass is 79.9. The van der Waals surface area contributed by atoms with E-state index < -0.39 is 0 Å². The van der Waals surface area contributed by atoms with Crippen LogP contribution in [-0.4, -0.2) is 19.4 Å². The van der Waals surface area contributed by atoms with Crippen LogP contribution < -0.4 is 5.73 Å². The van der Waals surface area contributed by atoms with E-state index in [2.05, 4.69) is 37.5 Å². The second-order valence-corrected chi connectivity index (χ2v) is 5.65. The van der Waals surface area contributed by atoms with Gasteiger partial charge in [0.2, 0.25) is 0 Å². The Balaban J connectivity index is 2.38. The van der Waals surface area contributed by atoms with Crippen LogP contribution in [-0.2, 0) is 13.0 Å². The Kier molecular flexibility index (Phi) is 4.47. The normalized spacial score (nSPS) is 12.9. The van der Waals surface area contributed by atoms with Crippen molar-refractivity contribution < 1.29 is 0 Å². The highest BCUT2D eigenvalue weighted by Crippen LogP contribution is 2.30. The van der Waals surface area contributed by atoms with Gasteiger partial charge in [0.05, 0.1) is 33.0 Å². The number of nitrogens with zero attached hydrogens (tertiary/aromatic N) is 4. The molecule has 0 bridgehead atoms. The molecule has 0 aliphatic heterocycles. The Morgan fingerprint density at radius 1 is 1.50 bits per heavy atom. The first-order chi connectivity index (χ1) is 8.69. The Morgan fingerprint density at radius 2 is 2.28 bits per heavy atom. The molecule has 0 amide bonds. The van der Waals surface area contributed by atoms with Gasteiger partial charge in [0.25, 0.3) is 0 Å². The summed E-state index contributed by atoms with van der Waals surface area (Å²) in [6.07, 6.45) is 3.74. The van der Waals surface area contributed by atoms with Crippen molar-refractivity contribution >= 4 is 27.5 Å². The predicted octanol–water partition coefficient (Wildman–Crippen LogP) is 2.52. The van der Waals surface area contributed by atoms with E-state index in [-0.39, 0.29) is 6.04 Å². The number of aromatic nitrogens is 4. The molecule has 0 spiro atoms. The van der Waals surface area contributed by atoms with Crippen LogP contribution in [0.5, 0.6) is 0 Å². The number of rotatable bonds is 5. The maximum Gasteiger partial charge on any atom is 0.0863 e. The van der Waals surface area contributed by atoms with Crippen molar-refractivity contribution in [2.45, 2.75) is 39.3 Å². The first-order valence-electron chi connectivity index (χ1n) is 5.96. The maximum absolute atomic E-state index is 6.35. The molecule has 1 unspecified atom stereocenters. The van der Waals surface area contributed by atoms with Gasteiger partial charge in [-0.2, -0.15) is 5.10 Å². The number of hydrogen-bond acceptors (Lipinski definition) is 5. The SMILES string of the molecule is CCCc1nnsc1C(N)c1c(Br)cnn1CC. The van der Waals surface area contributed by atoms with E-state index in [1.165, 1.54) is 11.5 Å². The zero-order valence-corrected chi connectivity index (χ0v) is 12.8. The molecule has 2 heterocycles. The molecule has 2 N–H and O–H groups in total. The summed E-state index contributed by atoms with van der Waals surface area (Å²) >= 11 is 4.88. The molecule has 2 rings (SSSR count). The molecule has 7 heteroatoms. The lowest BCUT2D eigenvalue weighted by molar-refractivity contribution is 0.600. The van der Waals surface area contributed by atoms with Crippen LogP contribution >= 0.6 is 27.5 Å². The standard InChI is InChI=1S/C11H16BrN5S/c1-3-5-8-11(18-16-15-8)9(13)10-7(12)6-14-17(10)4-2/h6,9H,3-5,13H2,1-2H3. The number of aryl methyl sites for hydroxylation is 2. The molecule has 0 aliphatic carbocycles. The molecule has 0 aliphatic rings. The third kappa shape index (κ3) is 2.48. The van der Waals surface area contributed by atoms with Crippen molar-refractivity contribution in [1.82, 2.24) is 19.4 Å². The summed E-state index contributed by atoms with van der Waals surface area (Å²) in [6, 6.07) is -0.219. The molecule has 0 radical (unpaired) electrons. The predicted molar refractivity (Wildman–Crippen MR) is 75.5 cm³/mol. The van der Waals surface area contributed by atoms with Gasteiger partial charge >= 0.3 is 0 Å². The number of nitrogens with two attached hydrogens (primary N) is 1. The average molecular weight is 330 g/mol. The van der Waals surface area contributed by atoms with Crippen molar-refractivity contribution in [1.29, 1.82) is 0 Å². The highest BCUT2D eigenvalue weighted by Gasteiger charge is 2.22. The van der Waals surface area contributed by atoms with Crippen LogP contribution in [0.2, 0.25) is 0 Å². The third-order valence-corrected chi connectivity index (χ3v) is 4.24. The fourth-order valence-corrected chi connectivity index (χ4v) is 3.16. The van der Waals surface area contributed by atoms with Crippen LogP contribution in [0.25, 0.3) is 0 Å². The molecule has 18 heavy (non-hydrogen) atoms. The minimum atomic E-state index is -0.219. The summed E-state index contributed by atoms with van der Waals surface area (Å²) in [5.74, 6) is 0. The Labute approximate surface area is 119 Å². The zero-order valence-electron chi connectivity index (χ0n) is 10.4. The van der Waals surface area contributed by atoms with Gasteiger partial charge < -0.3 is 5.73 Å². The molecule has 0 aromatic carbocycles. The Morgan fingerprint density at radius 3 is 2.94 bits per heavy atom. The minimum absolute atomic E-state index is 0.219. The van der Waals surface area contributed by atoms with Gasteiger partial charge in [-0.05, 0) is 40.8 Å². The fourth-order valence-electron chi connectivity index (χ4n) is 1.92. The van der Waals surface area contributed by atoms with Crippen LogP contribution in [0.3, 0.4) is 0 Å². The zero-order chi connectivity index (χ0) is 13.1. The van der Waals surface area contributed by atoms with Gasteiger partial charge in [0, 0.05) is 6.54 Å². The minimum Gasteiger partial charge on any atom is -0.318 e. The van der Waals surface area contributed by atoms with Crippen molar-refractivity contribution in [2.75, 3.05) is 0 Å². The molecular formula is C11H16BrN5S. The largest absolute Gasteiger partial charge is 0.318 e. The van der Waals surface area contributed by atoms with E-state index in [1.54, 1.807) is 6.20 Å². The van der Waals surface area contributed by atoms with Crippen molar-refractivity contribution in [3.8, 4) is 0 Å². The van der Waals surface area contributed by atoms with Crippen LogP contribution in [0.4, 0.5) is 0 Å². The molecule has 0 saturated heterocycles. The number of hydrogen-bond donors (Lipinski definition) is 1. The van der Waals surface area contributed by atoms with Gasteiger partial charge in [-0.1, -0.05) is 17.8 Å². The van der Waals surface area contributed by atoms with E-state index >= 15 is 0 Å². The summed E-state index contributed by atoms with van der Waals surface area (Å²) in [4.78, 5) is 1.03. The van der Waals surface area contributed by atoms with E-state index in [4.69, 9.17) is 5.73 Å².